The summed E-state index contributed by atoms with van der Waals surface area (Å²) in [7, 11) is 0. The van der Waals surface area contributed by atoms with E-state index >= 15 is 0 Å². The molecule has 1 aromatic rings. The molecule has 1 fully saturated rings. The minimum Gasteiger partial charge on any atom is -0.302 e. The number of benzene rings is 1. The number of halogens is 2. The molecule has 0 radical (unpaired) electrons. The van der Waals surface area contributed by atoms with E-state index in [-0.39, 0.29) is 0 Å². The molecule has 1 N–H and O–H groups in total. The van der Waals surface area contributed by atoms with Crippen LogP contribution >= 0.6 is 35.0 Å². The lowest BCUT2D eigenvalue weighted by Crippen LogP contribution is -2.28. The van der Waals surface area contributed by atoms with Gasteiger partial charge in [-0.2, -0.15) is 0 Å². The molecule has 0 spiro atoms. The van der Waals surface area contributed by atoms with Gasteiger partial charge >= 0.3 is 0 Å². The minimum absolute atomic E-state index is 0.350. The van der Waals surface area contributed by atoms with E-state index in [9.17, 15) is 0 Å². The lowest BCUT2D eigenvalue weighted by atomic mass is 10.2. The molecular weight excluding hydrogens is 249 g/mol. The predicted octanol–water partition coefficient (Wildman–Crippen LogP) is 4.11. The predicted molar refractivity (Wildman–Crippen MR) is 68.9 cm³/mol. The summed E-state index contributed by atoms with van der Waals surface area (Å²) in [6.07, 6.45) is 1.22. The number of thioether (sulfide) groups is 1. The summed E-state index contributed by atoms with van der Waals surface area (Å²) in [6.45, 7) is 3.33. The van der Waals surface area contributed by atoms with Crippen LogP contribution in [-0.2, 0) is 0 Å². The van der Waals surface area contributed by atoms with Crippen LogP contribution in [0.1, 0.15) is 24.3 Å². The molecule has 1 aromatic carbocycles. The Morgan fingerprint density at radius 2 is 2.13 bits per heavy atom. The molecule has 0 bridgehead atoms. The Bertz CT molecular complexity index is 356. The molecule has 0 amide bonds. The van der Waals surface area contributed by atoms with Gasteiger partial charge in [-0.1, -0.05) is 36.2 Å². The summed E-state index contributed by atoms with van der Waals surface area (Å²) in [5, 5.41) is 5.78. The molecule has 2 unspecified atom stereocenters. The van der Waals surface area contributed by atoms with Gasteiger partial charge in [0, 0.05) is 5.25 Å². The molecule has 2 atom stereocenters. The van der Waals surface area contributed by atoms with E-state index in [1.165, 1.54) is 12.0 Å². The molecule has 1 saturated heterocycles. The summed E-state index contributed by atoms with van der Waals surface area (Å²) < 4.78 is 0. The first kappa shape index (κ1) is 11.6. The van der Waals surface area contributed by atoms with E-state index in [0.717, 1.165) is 6.54 Å². The van der Waals surface area contributed by atoms with E-state index in [1.807, 2.05) is 30.0 Å². The van der Waals surface area contributed by atoms with Crippen LogP contribution in [0.15, 0.2) is 18.2 Å². The molecule has 1 aliphatic heterocycles. The zero-order chi connectivity index (χ0) is 10.8. The van der Waals surface area contributed by atoms with Gasteiger partial charge in [0.1, 0.15) is 0 Å². The number of rotatable bonds is 1. The van der Waals surface area contributed by atoms with Crippen molar-refractivity contribution in [3.8, 4) is 0 Å². The van der Waals surface area contributed by atoms with Crippen molar-refractivity contribution in [2.24, 2.45) is 0 Å². The topological polar surface area (TPSA) is 12.0 Å². The molecule has 82 valence electrons. The Labute approximate surface area is 105 Å². The first-order valence-corrected chi connectivity index (χ1v) is 6.70. The molecule has 15 heavy (non-hydrogen) atoms. The maximum atomic E-state index is 6.00. The summed E-state index contributed by atoms with van der Waals surface area (Å²) in [5.41, 5.74) is 1.21. The molecule has 0 aromatic heterocycles. The Kier molecular flexibility index (Phi) is 3.83. The van der Waals surface area contributed by atoms with Gasteiger partial charge in [0.2, 0.25) is 0 Å². The Morgan fingerprint density at radius 1 is 1.33 bits per heavy atom. The highest BCUT2D eigenvalue weighted by Crippen LogP contribution is 2.36. The average molecular weight is 262 g/mol. The molecule has 1 heterocycles. The zero-order valence-corrected chi connectivity index (χ0v) is 10.8. The molecule has 0 saturated carbocycles. The van der Waals surface area contributed by atoms with E-state index in [4.69, 9.17) is 23.2 Å². The van der Waals surface area contributed by atoms with Gasteiger partial charge in [0.25, 0.3) is 0 Å². The summed E-state index contributed by atoms with van der Waals surface area (Å²) in [5.74, 6) is 0. The SMILES string of the molecule is CC1CCNC(c2ccc(Cl)c(Cl)c2)S1. The molecule has 2 rings (SSSR count). The maximum absolute atomic E-state index is 6.00. The van der Waals surface area contributed by atoms with Crippen LogP contribution in [-0.4, -0.2) is 11.8 Å². The summed E-state index contributed by atoms with van der Waals surface area (Å²) >= 11 is 13.8. The van der Waals surface area contributed by atoms with Crippen LogP contribution in [0.25, 0.3) is 0 Å². The van der Waals surface area contributed by atoms with Gasteiger partial charge in [-0.25, -0.2) is 0 Å². The second-order valence-electron chi connectivity index (χ2n) is 3.74. The third-order valence-electron chi connectivity index (χ3n) is 2.50. The van der Waals surface area contributed by atoms with Crippen molar-refractivity contribution in [2.45, 2.75) is 24.0 Å². The molecule has 1 aliphatic rings. The third kappa shape index (κ3) is 2.82. The van der Waals surface area contributed by atoms with Crippen LogP contribution in [0.4, 0.5) is 0 Å². The fourth-order valence-corrected chi connectivity index (χ4v) is 3.18. The highest BCUT2D eigenvalue weighted by molar-refractivity contribution is 8.00. The molecule has 1 nitrogen and oxygen atoms in total. The zero-order valence-electron chi connectivity index (χ0n) is 8.47. The first-order valence-electron chi connectivity index (χ1n) is 5.00. The van der Waals surface area contributed by atoms with Gasteiger partial charge in [0.15, 0.2) is 0 Å². The Balaban J connectivity index is 2.18. The van der Waals surface area contributed by atoms with Gasteiger partial charge in [-0.05, 0) is 30.7 Å². The van der Waals surface area contributed by atoms with Crippen molar-refractivity contribution in [3.63, 3.8) is 0 Å². The van der Waals surface area contributed by atoms with Crippen molar-refractivity contribution in [1.82, 2.24) is 5.32 Å². The van der Waals surface area contributed by atoms with Crippen molar-refractivity contribution in [1.29, 1.82) is 0 Å². The fraction of sp³-hybridized carbons (Fsp3) is 0.455. The van der Waals surface area contributed by atoms with Gasteiger partial charge in [-0.3, -0.25) is 0 Å². The standard InChI is InChI=1S/C11H13Cl2NS/c1-7-4-5-14-11(15-7)8-2-3-9(12)10(13)6-8/h2-3,6-7,11,14H,4-5H2,1H3. The van der Waals surface area contributed by atoms with E-state index in [1.54, 1.807) is 0 Å². The van der Waals surface area contributed by atoms with E-state index in [0.29, 0.717) is 20.7 Å². The molecule has 0 aliphatic carbocycles. The average Bonchev–Trinajstić information content (AvgIpc) is 2.22. The number of hydrogen-bond acceptors (Lipinski definition) is 2. The van der Waals surface area contributed by atoms with Gasteiger partial charge in [-0.15, -0.1) is 11.8 Å². The van der Waals surface area contributed by atoms with Crippen LogP contribution in [0.5, 0.6) is 0 Å². The van der Waals surface area contributed by atoms with Crippen LogP contribution < -0.4 is 5.32 Å². The highest BCUT2D eigenvalue weighted by Gasteiger charge is 2.20. The van der Waals surface area contributed by atoms with Crippen molar-refractivity contribution in [3.05, 3.63) is 33.8 Å². The Morgan fingerprint density at radius 3 is 2.80 bits per heavy atom. The quantitative estimate of drug-likeness (QED) is 0.817. The molecular formula is C11H13Cl2NS. The first-order chi connectivity index (χ1) is 7.16. The normalized spacial score (nSPS) is 26.6. The van der Waals surface area contributed by atoms with Gasteiger partial charge < -0.3 is 5.32 Å². The second kappa shape index (κ2) is 4.96. The largest absolute Gasteiger partial charge is 0.302 e. The second-order valence-corrected chi connectivity index (χ2v) is 6.11. The number of hydrogen-bond donors (Lipinski definition) is 1. The van der Waals surface area contributed by atoms with Crippen LogP contribution in [0.3, 0.4) is 0 Å². The van der Waals surface area contributed by atoms with Crippen LogP contribution in [0, 0.1) is 0 Å². The minimum atomic E-state index is 0.350. The lowest BCUT2D eigenvalue weighted by Gasteiger charge is -2.28. The van der Waals surface area contributed by atoms with Crippen molar-refractivity contribution in [2.75, 3.05) is 6.54 Å². The van der Waals surface area contributed by atoms with E-state index < -0.39 is 0 Å². The van der Waals surface area contributed by atoms with Gasteiger partial charge in [0.05, 0.1) is 15.4 Å². The summed E-state index contributed by atoms with van der Waals surface area (Å²) in [6, 6.07) is 5.85. The lowest BCUT2D eigenvalue weighted by molar-refractivity contribution is 0.605. The Hall–Kier alpha value is 0.110. The number of nitrogens with one attached hydrogen (secondary N) is 1. The maximum Gasteiger partial charge on any atom is 0.0792 e. The fourth-order valence-electron chi connectivity index (χ4n) is 1.64. The third-order valence-corrected chi connectivity index (χ3v) is 4.65. The van der Waals surface area contributed by atoms with E-state index in [2.05, 4.69) is 12.2 Å². The monoisotopic (exact) mass is 261 g/mol. The molecule has 4 heteroatoms. The van der Waals surface area contributed by atoms with Crippen LogP contribution in [0.2, 0.25) is 10.0 Å². The smallest absolute Gasteiger partial charge is 0.0792 e. The summed E-state index contributed by atoms with van der Waals surface area (Å²) in [4.78, 5) is 0. The van der Waals surface area contributed by atoms with Crippen molar-refractivity contribution < 1.29 is 0 Å². The highest BCUT2D eigenvalue weighted by atomic mass is 35.5. The van der Waals surface area contributed by atoms with Crippen molar-refractivity contribution >= 4 is 35.0 Å².